The summed E-state index contributed by atoms with van der Waals surface area (Å²) in [6, 6.07) is 0. The third-order valence-electron chi connectivity index (χ3n) is 1.78. The first-order chi connectivity index (χ1) is 7.06. The zero-order chi connectivity index (χ0) is 13.0. The highest BCUT2D eigenvalue weighted by Crippen LogP contribution is 1.98. The lowest BCUT2D eigenvalue weighted by molar-refractivity contribution is 0.574. The van der Waals surface area contributed by atoms with E-state index in [1.807, 2.05) is 0 Å². The summed E-state index contributed by atoms with van der Waals surface area (Å²) in [7, 11) is -7.19. The number of thiocarbonyl (C=S) groups is 1. The van der Waals surface area contributed by atoms with Crippen molar-refractivity contribution >= 4 is 37.3 Å². The molecule has 10 heteroatoms. The first-order valence-electron chi connectivity index (χ1n) is 4.34. The van der Waals surface area contributed by atoms with Crippen LogP contribution < -0.4 is 15.6 Å². The highest BCUT2D eigenvalue weighted by molar-refractivity contribution is 7.93. The minimum absolute atomic E-state index is 0.0221. The molecule has 1 unspecified atom stereocenters. The zero-order valence-corrected chi connectivity index (χ0v) is 11.2. The van der Waals surface area contributed by atoms with Gasteiger partial charge in [-0.2, -0.15) is 0 Å². The van der Waals surface area contributed by atoms with Gasteiger partial charge >= 0.3 is 0 Å². The second-order valence-corrected chi connectivity index (χ2v) is 7.50. The molecule has 0 aromatic carbocycles. The van der Waals surface area contributed by atoms with E-state index in [4.69, 9.17) is 10.9 Å². The van der Waals surface area contributed by atoms with Crippen LogP contribution in [0.4, 0.5) is 0 Å². The van der Waals surface area contributed by atoms with Crippen molar-refractivity contribution in [3.8, 4) is 0 Å². The first kappa shape index (κ1) is 15.7. The molecule has 16 heavy (non-hydrogen) atoms. The van der Waals surface area contributed by atoms with Gasteiger partial charge in [-0.15, -0.1) is 0 Å². The van der Waals surface area contributed by atoms with Crippen molar-refractivity contribution in [2.75, 3.05) is 12.3 Å². The van der Waals surface area contributed by atoms with E-state index in [1.54, 1.807) is 0 Å². The molecule has 5 N–H and O–H groups in total. The van der Waals surface area contributed by atoms with Gasteiger partial charge in [0.1, 0.15) is 5.25 Å². The van der Waals surface area contributed by atoms with Crippen molar-refractivity contribution in [1.29, 1.82) is 0 Å². The second-order valence-electron chi connectivity index (χ2n) is 3.20. The maximum absolute atomic E-state index is 11.4. The van der Waals surface area contributed by atoms with Crippen LogP contribution in [0.3, 0.4) is 0 Å². The Labute approximate surface area is 101 Å². The maximum atomic E-state index is 11.4. The molecule has 0 fully saturated rings. The molecule has 1 atom stereocenters. The summed E-state index contributed by atoms with van der Waals surface area (Å²) in [5.74, 6) is -0.281. The van der Waals surface area contributed by atoms with Crippen LogP contribution in [-0.2, 0) is 20.0 Å². The van der Waals surface area contributed by atoms with E-state index in [9.17, 15) is 16.8 Å². The van der Waals surface area contributed by atoms with Crippen LogP contribution in [0.1, 0.15) is 13.3 Å². The number of hydrogen-bond acceptors (Lipinski definition) is 5. The van der Waals surface area contributed by atoms with Gasteiger partial charge in [-0.05, 0) is 13.3 Å². The molecule has 96 valence electrons. The fourth-order valence-corrected chi connectivity index (χ4v) is 2.68. The Morgan fingerprint density at radius 3 is 2.25 bits per heavy atom. The van der Waals surface area contributed by atoms with Crippen LogP contribution in [-0.4, -0.2) is 39.4 Å². The second kappa shape index (κ2) is 5.87. The smallest absolute Gasteiger partial charge is 0.220 e. The molecule has 0 aliphatic carbocycles. The Morgan fingerprint density at radius 2 is 1.88 bits per heavy atom. The summed E-state index contributed by atoms with van der Waals surface area (Å²) in [5, 5.41) is 3.76. The average Bonchev–Trinajstić information content (AvgIpc) is 2.09. The van der Waals surface area contributed by atoms with Gasteiger partial charge in [-0.3, -0.25) is 0 Å². The Hall–Kier alpha value is -0.290. The minimum Gasteiger partial charge on any atom is -0.392 e. The molecule has 0 bridgehead atoms. The lowest BCUT2D eigenvalue weighted by Crippen LogP contribution is -2.40. The average molecular weight is 289 g/mol. The number of sulfonamides is 2. The molecule has 0 rings (SSSR count). The number of rotatable bonds is 7. The van der Waals surface area contributed by atoms with Crippen molar-refractivity contribution in [2.24, 2.45) is 10.9 Å². The highest BCUT2D eigenvalue weighted by Gasteiger charge is 2.22. The molecular formula is C6H15N3O4S3. The molecule has 0 saturated carbocycles. The van der Waals surface area contributed by atoms with E-state index in [-0.39, 0.29) is 23.7 Å². The van der Waals surface area contributed by atoms with Crippen molar-refractivity contribution in [2.45, 2.75) is 18.6 Å². The molecular weight excluding hydrogens is 274 g/mol. The summed E-state index contributed by atoms with van der Waals surface area (Å²) in [4.78, 5) is -0.140. The van der Waals surface area contributed by atoms with Crippen LogP contribution in [0, 0.1) is 0 Å². The molecule has 0 saturated heterocycles. The number of hydrogen-bond donors (Lipinski definition) is 3. The highest BCUT2D eigenvalue weighted by atomic mass is 32.2. The number of primary sulfonamides is 1. The molecule has 0 aromatic heterocycles. The van der Waals surface area contributed by atoms with Gasteiger partial charge in [-0.25, -0.2) is 26.7 Å². The molecule has 0 radical (unpaired) electrons. The van der Waals surface area contributed by atoms with Crippen molar-refractivity contribution < 1.29 is 16.8 Å². The molecule has 0 aromatic rings. The Kier molecular flexibility index (Phi) is 5.76. The third-order valence-corrected chi connectivity index (χ3v) is 4.93. The van der Waals surface area contributed by atoms with E-state index in [2.05, 4.69) is 16.9 Å². The van der Waals surface area contributed by atoms with Gasteiger partial charge in [0.15, 0.2) is 0 Å². The van der Waals surface area contributed by atoms with Gasteiger partial charge in [0.2, 0.25) is 20.0 Å². The summed E-state index contributed by atoms with van der Waals surface area (Å²) in [6.45, 7) is 1.33. The van der Waals surface area contributed by atoms with Crippen LogP contribution in [0.5, 0.6) is 0 Å². The van der Waals surface area contributed by atoms with Gasteiger partial charge < -0.3 is 5.73 Å². The normalized spacial score (nSPS) is 14.6. The summed E-state index contributed by atoms with van der Waals surface area (Å²) in [6.07, 6.45) is 0.0993. The Balaban J connectivity index is 4.17. The zero-order valence-electron chi connectivity index (χ0n) is 8.71. The fourth-order valence-electron chi connectivity index (χ4n) is 0.766. The SMILES string of the molecule is CC(C(N)=S)S(=O)(=O)NCCCS(N)(=O)=O. The van der Waals surface area contributed by atoms with Crippen LogP contribution in [0.25, 0.3) is 0 Å². The molecule has 0 aliphatic rings. The first-order valence-corrected chi connectivity index (χ1v) is 8.01. The van der Waals surface area contributed by atoms with Crippen molar-refractivity contribution in [3.63, 3.8) is 0 Å². The molecule has 0 amide bonds. The Morgan fingerprint density at radius 1 is 1.38 bits per heavy atom. The third kappa shape index (κ3) is 6.33. The fraction of sp³-hybridized carbons (Fsp3) is 0.833. The van der Waals surface area contributed by atoms with Gasteiger partial charge in [-0.1, -0.05) is 12.2 Å². The monoisotopic (exact) mass is 289 g/mol. The van der Waals surface area contributed by atoms with Crippen molar-refractivity contribution in [3.05, 3.63) is 0 Å². The predicted octanol–water partition coefficient (Wildman–Crippen LogP) is -1.74. The molecule has 0 aliphatic heterocycles. The van der Waals surface area contributed by atoms with E-state index >= 15 is 0 Å². The number of nitrogens with two attached hydrogens (primary N) is 2. The maximum Gasteiger partial charge on any atom is 0.220 e. The summed E-state index contributed by atoms with van der Waals surface area (Å²) < 4.78 is 46.2. The predicted molar refractivity (Wildman–Crippen MR) is 65.8 cm³/mol. The lowest BCUT2D eigenvalue weighted by Gasteiger charge is -2.11. The quantitative estimate of drug-likeness (QED) is 0.376. The van der Waals surface area contributed by atoms with E-state index < -0.39 is 25.3 Å². The van der Waals surface area contributed by atoms with E-state index in [0.29, 0.717) is 0 Å². The van der Waals surface area contributed by atoms with Crippen LogP contribution >= 0.6 is 12.2 Å². The van der Waals surface area contributed by atoms with Gasteiger partial charge in [0.05, 0.1) is 10.7 Å². The number of nitrogens with one attached hydrogen (secondary N) is 1. The Bertz CT molecular complexity index is 442. The standard InChI is InChI=1S/C6H15N3O4S3/c1-5(6(7)14)16(12,13)9-3-2-4-15(8,10)11/h5,9H,2-4H2,1H3,(H2,7,14)(H2,8,10,11). The minimum atomic E-state index is -3.63. The van der Waals surface area contributed by atoms with Crippen LogP contribution in [0.2, 0.25) is 0 Å². The lowest BCUT2D eigenvalue weighted by atomic mass is 10.5. The largest absolute Gasteiger partial charge is 0.392 e. The molecule has 7 nitrogen and oxygen atoms in total. The summed E-state index contributed by atoms with van der Waals surface area (Å²) in [5.41, 5.74) is 5.19. The van der Waals surface area contributed by atoms with E-state index in [0.717, 1.165) is 0 Å². The van der Waals surface area contributed by atoms with Crippen molar-refractivity contribution in [1.82, 2.24) is 4.72 Å². The molecule has 0 heterocycles. The van der Waals surface area contributed by atoms with Crippen LogP contribution in [0.15, 0.2) is 0 Å². The van der Waals surface area contributed by atoms with E-state index in [1.165, 1.54) is 6.92 Å². The van der Waals surface area contributed by atoms with Gasteiger partial charge in [0.25, 0.3) is 0 Å². The van der Waals surface area contributed by atoms with Gasteiger partial charge in [0, 0.05) is 6.54 Å². The summed E-state index contributed by atoms with van der Waals surface area (Å²) >= 11 is 4.55. The molecule has 0 spiro atoms. The topological polar surface area (TPSA) is 132 Å².